The van der Waals surface area contributed by atoms with E-state index in [4.69, 9.17) is 9.47 Å². The zero-order chi connectivity index (χ0) is 25.0. The van der Waals surface area contributed by atoms with Gasteiger partial charge >= 0.3 is 11.9 Å². The fourth-order valence-corrected chi connectivity index (χ4v) is 3.79. The molecule has 1 N–H and O–H groups in total. The molecule has 35 heavy (non-hydrogen) atoms. The molecule has 10 nitrogen and oxygen atoms in total. The third-order valence-electron chi connectivity index (χ3n) is 5.07. The van der Waals surface area contributed by atoms with E-state index in [9.17, 15) is 19.7 Å². The Morgan fingerprint density at radius 2 is 1.94 bits per heavy atom. The largest absolute Gasteiger partial charge is 0.463 e. The fourth-order valence-electron chi connectivity index (χ4n) is 3.79. The predicted octanol–water partition coefficient (Wildman–Crippen LogP) is 4.03. The van der Waals surface area contributed by atoms with Gasteiger partial charge in [0.1, 0.15) is 5.60 Å². The minimum Gasteiger partial charge on any atom is -0.463 e. The number of nitrogens with zero attached hydrogens (tertiary/aromatic N) is 3. The van der Waals surface area contributed by atoms with Gasteiger partial charge in [-0.3, -0.25) is 10.1 Å². The lowest BCUT2D eigenvalue weighted by Crippen LogP contribution is -2.36. The zero-order valence-corrected chi connectivity index (χ0v) is 21.0. The number of non-ortho nitro benzene ring substituents is 1. The van der Waals surface area contributed by atoms with E-state index in [1.807, 2.05) is 0 Å². The average molecular weight is 505 g/mol. The van der Waals surface area contributed by atoms with E-state index in [1.54, 1.807) is 64.0 Å². The SMILES string of the molecule is CCOC(=O)C1=C(Cn2ccnc2)NC(C)=C(C(=O)OC(C)(C)C)C1c1cccc([N+](=O)[O-])c1.Cl. The molecular formula is C24H29ClN4O6. The first kappa shape index (κ1) is 27.6. The minimum absolute atomic E-state index is 0. The smallest absolute Gasteiger partial charge is 0.337 e. The number of hydrogen-bond donors (Lipinski definition) is 1. The zero-order valence-electron chi connectivity index (χ0n) is 20.2. The van der Waals surface area contributed by atoms with Crippen molar-refractivity contribution in [1.29, 1.82) is 0 Å². The summed E-state index contributed by atoms with van der Waals surface area (Å²) in [6.07, 6.45) is 4.95. The summed E-state index contributed by atoms with van der Waals surface area (Å²) in [5, 5.41) is 14.6. The van der Waals surface area contributed by atoms with Crippen LogP contribution in [0.4, 0.5) is 5.69 Å². The second-order valence-electron chi connectivity index (χ2n) is 8.80. The van der Waals surface area contributed by atoms with E-state index in [1.165, 1.54) is 18.2 Å². The second-order valence-corrected chi connectivity index (χ2v) is 8.80. The first-order valence-electron chi connectivity index (χ1n) is 10.8. The Hall–Kier alpha value is -3.66. The molecule has 1 unspecified atom stereocenters. The number of imidazole rings is 1. The summed E-state index contributed by atoms with van der Waals surface area (Å²) in [4.78, 5) is 41.6. The molecule has 1 atom stereocenters. The van der Waals surface area contributed by atoms with Gasteiger partial charge in [-0.25, -0.2) is 14.6 Å². The third-order valence-corrected chi connectivity index (χ3v) is 5.07. The van der Waals surface area contributed by atoms with Crippen LogP contribution in [0.15, 0.2) is 65.5 Å². The van der Waals surface area contributed by atoms with Gasteiger partial charge < -0.3 is 19.4 Å². The second kappa shape index (κ2) is 11.2. The van der Waals surface area contributed by atoms with Crippen LogP contribution in [0.2, 0.25) is 0 Å². The van der Waals surface area contributed by atoms with Crippen LogP contribution in [0, 0.1) is 10.1 Å². The summed E-state index contributed by atoms with van der Waals surface area (Å²) in [6, 6.07) is 5.89. The molecule has 0 spiro atoms. The topological polar surface area (TPSA) is 126 Å². The van der Waals surface area contributed by atoms with Crippen molar-refractivity contribution in [3.05, 3.63) is 81.2 Å². The number of nitro groups is 1. The predicted molar refractivity (Wildman–Crippen MR) is 131 cm³/mol. The van der Waals surface area contributed by atoms with Crippen molar-refractivity contribution in [2.24, 2.45) is 0 Å². The molecule has 1 aromatic carbocycles. The first-order valence-corrected chi connectivity index (χ1v) is 10.8. The van der Waals surface area contributed by atoms with Crippen LogP contribution in [-0.2, 0) is 25.6 Å². The van der Waals surface area contributed by atoms with Crippen molar-refractivity contribution in [3.8, 4) is 0 Å². The van der Waals surface area contributed by atoms with E-state index < -0.39 is 28.4 Å². The molecule has 0 radical (unpaired) electrons. The number of rotatable bonds is 7. The molecule has 2 aromatic rings. The molecule has 0 fully saturated rings. The Labute approximate surface area is 209 Å². The summed E-state index contributed by atoms with van der Waals surface area (Å²) in [5.41, 5.74) is 0.809. The van der Waals surface area contributed by atoms with Crippen LogP contribution in [0.1, 0.15) is 46.1 Å². The van der Waals surface area contributed by atoms with Gasteiger partial charge in [-0.1, -0.05) is 12.1 Å². The van der Waals surface area contributed by atoms with Gasteiger partial charge in [0.05, 0.1) is 41.5 Å². The lowest BCUT2D eigenvalue weighted by molar-refractivity contribution is -0.384. The van der Waals surface area contributed by atoms with Crippen LogP contribution >= 0.6 is 12.4 Å². The van der Waals surface area contributed by atoms with Crippen LogP contribution < -0.4 is 5.32 Å². The molecule has 3 rings (SSSR count). The quantitative estimate of drug-likeness (QED) is 0.340. The number of benzene rings is 1. The van der Waals surface area contributed by atoms with E-state index in [2.05, 4.69) is 10.3 Å². The number of esters is 2. The summed E-state index contributed by atoms with van der Waals surface area (Å²) in [5.74, 6) is -2.19. The lowest BCUT2D eigenvalue weighted by atomic mass is 9.80. The van der Waals surface area contributed by atoms with Crippen molar-refractivity contribution < 1.29 is 24.0 Å². The van der Waals surface area contributed by atoms with Gasteiger partial charge in [-0.15, -0.1) is 12.4 Å². The Balaban J connectivity index is 0.00000432. The molecular weight excluding hydrogens is 476 g/mol. The number of ether oxygens (including phenoxy) is 2. The highest BCUT2D eigenvalue weighted by molar-refractivity contribution is 6.00. The van der Waals surface area contributed by atoms with E-state index in [-0.39, 0.29) is 42.4 Å². The number of hydrogen-bond acceptors (Lipinski definition) is 8. The van der Waals surface area contributed by atoms with Crippen molar-refractivity contribution >= 4 is 30.0 Å². The standard InChI is InChI=1S/C24H28N4O6.ClH/c1-6-33-22(29)21-18(13-27-11-10-25-14-27)26-15(2)19(23(30)34-24(3,4)5)20(21)16-8-7-9-17(12-16)28(31)32;/h7-12,14,20,26H,6,13H2,1-5H3;1H. The molecule has 0 saturated heterocycles. The highest BCUT2D eigenvalue weighted by Gasteiger charge is 2.40. The van der Waals surface area contributed by atoms with Crippen molar-refractivity contribution in [2.75, 3.05) is 6.61 Å². The molecule has 1 aliphatic heterocycles. The monoisotopic (exact) mass is 504 g/mol. The Bertz CT molecular complexity index is 1160. The van der Waals surface area contributed by atoms with Crippen LogP contribution in [0.5, 0.6) is 0 Å². The number of nitro benzene ring substituents is 1. The summed E-state index contributed by atoms with van der Waals surface area (Å²) in [6.45, 7) is 8.98. The summed E-state index contributed by atoms with van der Waals surface area (Å²) >= 11 is 0. The van der Waals surface area contributed by atoms with Gasteiger partial charge in [0.15, 0.2) is 0 Å². The van der Waals surface area contributed by atoms with Gasteiger partial charge in [-0.05, 0) is 40.2 Å². The maximum atomic E-state index is 13.3. The van der Waals surface area contributed by atoms with E-state index >= 15 is 0 Å². The number of allylic oxidation sites excluding steroid dienone is 2. The van der Waals surface area contributed by atoms with Crippen molar-refractivity contribution in [3.63, 3.8) is 0 Å². The van der Waals surface area contributed by atoms with E-state index in [0.29, 0.717) is 17.0 Å². The molecule has 188 valence electrons. The Morgan fingerprint density at radius 3 is 2.51 bits per heavy atom. The lowest BCUT2D eigenvalue weighted by Gasteiger charge is -2.33. The normalized spacial score (nSPS) is 15.7. The number of aromatic nitrogens is 2. The number of dihydropyridines is 1. The van der Waals surface area contributed by atoms with E-state index in [0.717, 1.165) is 0 Å². The summed E-state index contributed by atoms with van der Waals surface area (Å²) < 4.78 is 12.8. The van der Waals surface area contributed by atoms with Crippen molar-refractivity contribution in [2.45, 2.75) is 52.7 Å². The number of nitrogens with one attached hydrogen (secondary N) is 1. The average Bonchev–Trinajstić information content (AvgIpc) is 3.25. The van der Waals surface area contributed by atoms with Gasteiger partial charge in [-0.2, -0.15) is 0 Å². The third kappa shape index (κ3) is 6.48. The van der Waals surface area contributed by atoms with Crippen molar-refractivity contribution in [1.82, 2.24) is 14.9 Å². The maximum Gasteiger partial charge on any atom is 0.337 e. The van der Waals surface area contributed by atoms with Crippen LogP contribution in [-0.4, -0.2) is 38.6 Å². The minimum atomic E-state index is -0.937. The van der Waals surface area contributed by atoms with Crippen LogP contribution in [0.3, 0.4) is 0 Å². The van der Waals surface area contributed by atoms with Gasteiger partial charge in [0.2, 0.25) is 0 Å². The highest BCUT2D eigenvalue weighted by atomic mass is 35.5. The molecule has 11 heteroatoms. The molecule has 0 bridgehead atoms. The molecule has 0 aliphatic carbocycles. The summed E-state index contributed by atoms with van der Waals surface area (Å²) in [7, 11) is 0. The maximum absolute atomic E-state index is 13.3. The molecule has 0 saturated carbocycles. The Morgan fingerprint density at radius 1 is 1.23 bits per heavy atom. The molecule has 1 aliphatic rings. The first-order chi connectivity index (χ1) is 16.0. The molecule has 1 aromatic heterocycles. The molecule has 2 heterocycles. The Kier molecular flexibility index (Phi) is 8.81. The number of carbonyl (C=O) groups is 2. The number of carbonyl (C=O) groups excluding carboxylic acids is 2. The van der Waals surface area contributed by atoms with Crippen LogP contribution in [0.25, 0.3) is 0 Å². The highest BCUT2D eigenvalue weighted by Crippen LogP contribution is 2.41. The van der Waals surface area contributed by atoms with Gasteiger partial charge in [0, 0.05) is 35.9 Å². The number of halogens is 1. The fraction of sp³-hybridized carbons (Fsp3) is 0.375. The molecule has 0 amide bonds. The van der Waals surface area contributed by atoms with Gasteiger partial charge in [0.25, 0.3) is 5.69 Å².